The summed E-state index contributed by atoms with van der Waals surface area (Å²) < 4.78 is 34.7. The quantitative estimate of drug-likeness (QED) is 0.233. The zero-order valence-corrected chi connectivity index (χ0v) is 27.5. The minimum Gasteiger partial charge on any atom is -0.465 e. The second-order valence-corrected chi connectivity index (χ2v) is 14.3. The van der Waals surface area contributed by atoms with Crippen molar-refractivity contribution in [2.45, 2.75) is 37.7 Å². The molecule has 0 saturated carbocycles. The van der Waals surface area contributed by atoms with Gasteiger partial charge in [0.15, 0.2) is 5.65 Å². The number of amides is 2. The van der Waals surface area contributed by atoms with Crippen LogP contribution < -0.4 is 0 Å². The van der Waals surface area contributed by atoms with Crippen LogP contribution in [0.2, 0.25) is 0 Å². The first-order valence-corrected chi connectivity index (χ1v) is 17.4. The van der Waals surface area contributed by atoms with Gasteiger partial charge < -0.3 is 19.6 Å². The molecule has 0 aliphatic carbocycles. The van der Waals surface area contributed by atoms with Crippen LogP contribution in [0.3, 0.4) is 0 Å². The fraction of sp³-hybridized carbons (Fsp3) is 0.278. The van der Waals surface area contributed by atoms with Crippen molar-refractivity contribution in [3.63, 3.8) is 0 Å². The monoisotopic (exact) mass is 665 g/mol. The van der Waals surface area contributed by atoms with Gasteiger partial charge in [-0.15, -0.1) is 0 Å². The van der Waals surface area contributed by atoms with E-state index in [1.165, 1.54) is 20.0 Å². The molecule has 1 atom stereocenters. The van der Waals surface area contributed by atoms with Crippen LogP contribution in [0.15, 0.2) is 79.3 Å². The molecule has 246 valence electrons. The molecule has 5 heterocycles. The predicted molar refractivity (Wildman–Crippen MR) is 181 cm³/mol. The first-order valence-electron chi connectivity index (χ1n) is 15.8. The molecule has 1 saturated heterocycles. The number of fused-ring (bicyclic) bond motifs is 2. The number of hydrogen-bond donors (Lipinski definition) is 1. The van der Waals surface area contributed by atoms with Gasteiger partial charge in [-0.1, -0.05) is 36.4 Å². The lowest BCUT2D eigenvalue weighted by molar-refractivity contribution is 0.0827. The summed E-state index contributed by atoms with van der Waals surface area (Å²) in [5, 5.41) is 10.5. The van der Waals surface area contributed by atoms with Crippen LogP contribution in [-0.4, -0.2) is 76.5 Å². The van der Waals surface area contributed by atoms with Crippen molar-refractivity contribution in [1.29, 1.82) is 0 Å². The molecule has 11 nitrogen and oxygen atoms in total. The summed E-state index contributed by atoms with van der Waals surface area (Å²) in [5.74, 6) is -0.412. The van der Waals surface area contributed by atoms with E-state index in [0.717, 1.165) is 40.7 Å². The van der Waals surface area contributed by atoms with Crippen molar-refractivity contribution in [2.24, 2.45) is 0 Å². The van der Waals surface area contributed by atoms with Crippen LogP contribution in [0.4, 0.5) is 4.79 Å². The number of benzene rings is 2. The second-order valence-electron chi connectivity index (χ2n) is 12.4. The number of aromatic nitrogens is 3. The van der Waals surface area contributed by atoms with E-state index in [4.69, 9.17) is 9.72 Å². The highest BCUT2D eigenvalue weighted by Crippen LogP contribution is 2.40. The van der Waals surface area contributed by atoms with E-state index in [2.05, 4.69) is 11.1 Å². The molecule has 0 unspecified atom stereocenters. The van der Waals surface area contributed by atoms with Crippen molar-refractivity contribution in [2.75, 3.05) is 27.2 Å². The van der Waals surface area contributed by atoms with Crippen molar-refractivity contribution in [3.05, 3.63) is 107 Å². The number of pyridine rings is 2. The van der Waals surface area contributed by atoms with Crippen molar-refractivity contribution in [3.8, 4) is 22.4 Å². The molecule has 1 N–H and O–H groups in total. The van der Waals surface area contributed by atoms with E-state index in [9.17, 15) is 23.1 Å². The molecule has 2 aromatic carbocycles. The normalized spacial score (nSPS) is 16.2. The molecule has 7 rings (SSSR count). The number of rotatable bonds is 7. The Morgan fingerprint density at radius 2 is 1.83 bits per heavy atom. The number of carboxylic acid groups (broad SMARTS) is 1. The van der Waals surface area contributed by atoms with Gasteiger partial charge in [-0.25, -0.2) is 22.2 Å². The summed E-state index contributed by atoms with van der Waals surface area (Å²) in [5.41, 5.74) is 7.08. The highest BCUT2D eigenvalue weighted by Gasteiger charge is 2.33. The fourth-order valence-electron chi connectivity index (χ4n) is 6.74. The largest absolute Gasteiger partial charge is 0.465 e. The Balaban J connectivity index is 1.38. The summed E-state index contributed by atoms with van der Waals surface area (Å²) in [6.07, 6.45) is 5.98. The van der Waals surface area contributed by atoms with E-state index in [1.807, 2.05) is 18.2 Å². The zero-order valence-electron chi connectivity index (χ0n) is 26.7. The predicted octanol–water partition coefficient (Wildman–Crippen LogP) is 5.73. The Labute approximate surface area is 278 Å². The zero-order chi connectivity index (χ0) is 33.6. The van der Waals surface area contributed by atoms with Gasteiger partial charge >= 0.3 is 6.09 Å². The van der Waals surface area contributed by atoms with Crippen molar-refractivity contribution < 1.29 is 27.9 Å². The molecule has 0 spiro atoms. The molecule has 0 radical (unpaired) electrons. The Kier molecular flexibility index (Phi) is 8.22. The lowest BCUT2D eigenvalue weighted by Gasteiger charge is -2.28. The van der Waals surface area contributed by atoms with Gasteiger partial charge in [-0.2, -0.15) is 0 Å². The number of carbonyl (C=O) groups excluding carboxylic acids is 1. The van der Waals surface area contributed by atoms with E-state index in [-0.39, 0.29) is 23.3 Å². The van der Waals surface area contributed by atoms with Crippen LogP contribution in [0.25, 0.3) is 33.4 Å². The first-order chi connectivity index (χ1) is 23.1. The number of carbonyl (C=O) groups is 2. The standard InChI is InChI=1S/C36H35N5O6S/c1-39(2)35(42)25-10-11-32(37-18-25)30-20-41(48(45,46)22-23-7-4-3-5-8-23)34-29(30)17-27(19-38-34)26-15-24-12-14-47-21-31(24)28(16-26)33-9-6-13-40(33)36(43)44/h3-5,7-8,10-11,15-20,33H,6,9,12-14,21-22H2,1-2H3,(H,43,44)/t33-/m0/s1. The Hall–Kier alpha value is -5.07. The maximum Gasteiger partial charge on any atom is 0.407 e. The average Bonchev–Trinajstić information content (AvgIpc) is 3.74. The molecule has 1 fully saturated rings. The summed E-state index contributed by atoms with van der Waals surface area (Å²) >= 11 is 0. The molecular formula is C36H35N5O6S. The third kappa shape index (κ3) is 5.82. The van der Waals surface area contributed by atoms with Gasteiger partial charge in [-0.3, -0.25) is 9.78 Å². The molecule has 2 aliphatic heterocycles. The van der Waals surface area contributed by atoms with E-state index in [0.29, 0.717) is 53.9 Å². The Morgan fingerprint density at radius 3 is 2.56 bits per heavy atom. The summed E-state index contributed by atoms with van der Waals surface area (Å²) in [6.45, 7) is 1.48. The van der Waals surface area contributed by atoms with Gasteiger partial charge in [0.05, 0.1) is 36.3 Å². The van der Waals surface area contributed by atoms with Gasteiger partial charge in [-0.05, 0) is 71.3 Å². The topological polar surface area (TPSA) is 135 Å². The maximum absolute atomic E-state index is 13.9. The van der Waals surface area contributed by atoms with Crippen molar-refractivity contribution >= 4 is 33.1 Å². The fourth-order valence-corrected chi connectivity index (χ4v) is 8.17. The van der Waals surface area contributed by atoms with E-state index >= 15 is 0 Å². The van der Waals surface area contributed by atoms with Crippen LogP contribution in [-0.2, 0) is 33.5 Å². The van der Waals surface area contributed by atoms with Crippen LogP contribution in [0, 0.1) is 0 Å². The average molecular weight is 666 g/mol. The SMILES string of the molecule is CN(C)C(=O)c1ccc(-c2cn(S(=O)(=O)Cc3ccccc3)c3ncc(-c4cc5c(c([C@@H]6CCCN6C(=O)O)c4)COCC5)cc23)nc1. The lowest BCUT2D eigenvalue weighted by Crippen LogP contribution is -2.30. The molecule has 12 heteroatoms. The van der Waals surface area contributed by atoms with Crippen molar-refractivity contribution in [1.82, 2.24) is 23.7 Å². The highest BCUT2D eigenvalue weighted by atomic mass is 32.2. The van der Waals surface area contributed by atoms with Crippen LogP contribution in [0.1, 0.15) is 51.5 Å². The van der Waals surface area contributed by atoms with E-state index in [1.54, 1.807) is 62.9 Å². The third-order valence-electron chi connectivity index (χ3n) is 9.13. The molecule has 48 heavy (non-hydrogen) atoms. The minimum atomic E-state index is -3.89. The summed E-state index contributed by atoms with van der Waals surface area (Å²) in [7, 11) is -0.558. The number of nitrogens with zero attached hydrogens (tertiary/aromatic N) is 5. The van der Waals surface area contributed by atoms with Gasteiger partial charge in [0.25, 0.3) is 5.91 Å². The van der Waals surface area contributed by atoms with Crippen LogP contribution in [0.5, 0.6) is 0 Å². The van der Waals surface area contributed by atoms with Gasteiger partial charge in [0, 0.05) is 55.7 Å². The first kappa shape index (κ1) is 31.5. The highest BCUT2D eigenvalue weighted by molar-refractivity contribution is 7.89. The molecule has 2 aliphatic rings. The third-order valence-corrected chi connectivity index (χ3v) is 10.7. The Bertz CT molecular complexity index is 2150. The number of ether oxygens (including phenoxy) is 1. The molecule has 0 bridgehead atoms. The molecule has 2 amide bonds. The lowest BCUT2D eigenvalue weighted by atomic mass is 9.88. The molecular weight excluding hydrogens is 630 g/mol. The smallest absolute Gasteiger partial charge is 0.407 e. The summed E-state index contributed by atoms with van der Waals surface area (Å²) in [4.78, 5) is 36.9. The maximum atomic E-state index is 13.9. The van der Waals surface area contributed by atoms with Gasteiger partial charge in [0.1, 0.15) is 0 Å². The minimum absolute atomic E-state index is 0.191. The Morgan fingerprint density at radius 1 is 1.02 bits per heavy atom. The van der Waals surface area contributed by atoms with Crippen LogP contribution >= 0.6 is 0 Å². The number of hydrogen-bond acceptors (Lipinski definition) is 7. The molecule has 5 aromatic rings. The van der Waals surface area contributed by atoms with Gasteiger partial charge in [0.2, 0.25) is 10.0 Å². The summed E-state index contributed by atoms with van der Waals surface area (Å²) in [6, 6.07) is 18.1. The van der Waals surface area contributed by atoms with E-state index < -0.39 is 16.1 Å². The second kappa shape index (κ2) is 12.5. The molecule has 3 aromatic heterocycles. The number of likely N-dealkylation sites (tertiary alicyclic amines) is 1.